The van der Waals surface area contributed by atoms with E-state index in [2.05, 4.69) is 14.7 Å². The van der Waals surface area contributed by atoms with Crippen molar-refractivity contribution in [2.75, 3.05) is 18.0 Å². The van der Waals surface area contributed by atoms with Gasteiger partial charge in [0, 0.05) is 36.5 Å². The third-order valence-electron chi connectivity index (χ3n) is 3.76. The molecule has 0 radical (unpaired) electrons. The van der Waals surface area contributed by atoms with Crippen LogP contribution < -0.4 is 9.62 Å². The Morgan fingerprint density at radius 3 is 2.75 bits per heavy atom. The lowest BCUT2D eigenvalue weighted by Crippen LogP contribution is -2.48. The molecule has 0 unspecified atom stereocenters. The molecule has 1 aromatic carbocycles. The summed E-state index contributed by atoms with van der Waals surface area (Å²) in [5, 5.41) is 0.150. The fraction of sp³-hybridized carbons (Fsp3) is 0.333. The zero-order valence-electron chi connectivity index (χ0n) is 12.7. The smallest absolute Gasteiger partial charge is 0.243 e. The molecule has 1 N–H and O–H groups in total. The van der Waals surface area contributed by atoms with Crippen molar-refractivity contribution in [3.63, 3.8) is 0 Å². The van der Waals surface area contributed by atoms with Crippen LogP contribution in [0.5, 0.6) is 0 Å². The number of rotatable bonds is 4. The van der Waals surface area contributed by atoms with Crippen molar-refractivity contribution in [1.82, 2.24) is 14.7 Å². The van der Waals surface area contributed by atoms with E-state index in [1.54, 1.807) is 18.5 Å². The van der Waals surface area contributed by atoms with E-state index in [9.17, 15) is 12.8 Å². The average molecular weight is 371 g/mol. The van der Waals surface area contributed by atoms with E-state index in [1.807, 2.05) is 4.90 Å². The van der Waals surface area contributed by atoms with E-state index in [0.717, 1.165) is 19.0 Å². The van der Waals surface area contributed by atoms with Crippen molar-refractivity contribution in [3.05, 3.63) is 47.5 Å². The van der Waals surface area contributed by atoms with Gasteiger partial charge in [0.1, 0.15) is 10.7 Å². The Hall–Kier alpha value is -1.77. The molecule has 1 aliphatic rings. The van der Waals surface area contributed by atoms with Gasteiger partial charge >= 0.3 is 0 Å². The minimum Gasteiger partial charge on any atom is -0.339 e. The van der Waals surface area contributed by atoms with Gasteiger partial charge in [-0.2, -0.15) is 0 Å². The lowest BCUT2D eigenvalue weighted by atomic mass is 10.1. The predicted octanol–water partition coefficient (Wildman–Crippen LogP) is 2.22. The second-order valence-electron chi connectivity index (χ2n) is 5.53. The van der Waals surface area contributed by atoms with Gasteiger partial charge in [-0.1, -0.05) is 11.6 Å². The lowest BCUT2D eigenvalue weighted by Gasteiger charge is -2.32. The number of anilines is 1. The molecule has 2 aromatic rings. The summed E-state index contributed by atoms with van der Waals surface area (Å²) in [6.07, 6.45) is 4.73. The first kappa shape index (κ1) is 17.1. The molecule has 1 fully saturated rings. The van der Waals surface area contributed by atoms with Gasteiger partial charge in [-0.25, -0.2) is 27.5 Å². The highest BCUT2D eigenvalue weighted by Gasteiger charge is 2.28. The molecule has 1 aliphatic heterocycles. The molecule has 0 amide bonds. The Balaban J connectivity index is 1.75. The van der Waals surface area contributed by atoms with E-state index in [-0.39, 0.29) is 11.1 Å². The highest BCUT2D eigenvalue weighted by Crippen LogP contribution is 2.21. The van der Waals surface area contributed by atoms with Crippen LogP contribution in [-0.2, 0) is 10.0 Å². The van der Waals surface area contributed by atoms with Crippen LogP contribution in [-0.4, -0.2) is 37.5 Å². The number of sulfonamides is 1. The maximum atomic E-state index is 13.9. The Bertz CT molecular complexity index is 819. The molecule has 1 saturated heterocycles. The van der Waals surface area contributed by atoms with E-state index >= 15 is 0 Å². The molecule has 9 heteroatoms. The van der Waals surface area contributed by atoms with Gasteiger partial charge in [0.15, 0.2) is 0 Å². The number of hydrogen-bond acceptors (Lipinski definition) is 5. The fourth-order valence-corrected chi connectivity index (χ4v) is 4.17. The predicted molar refractivity (Wildman–Crippen MR) is 89.0 cm³/mol. The van der Waals surface area contributed by atoms with Crippen LogP contribution >= 0.6 is 11.6 Å². The summed E-state index contributed by atoms with van der Waals surface area (Å²) in [6, 6.07) is 4.88. The second kappa shape index (κ2) is 7.00. The van der Waals surface area contributed by atoms with Crippen molar-refractivity contribution in [1.29, 1.82) is 0 Å². The SMILES string of the molecule is O=S(=O)(N[C@H]1CCCN(c2ncccn2)C1)c1ccc(Cl)cc1F. The zero-order chi connectivity index (χ0) is 17.2. The van der Waals surface area contributed by atoms with Gasteiger partial charge in [-0.3, -0.25) is 0 Å². The average Bonchev–Trinajstić information content (AvgIpc) is 2.55. The first-order valence-electron chi connectivity index (χ1n) is 7.45. The monoisotopic (exact) mass is 370 g/mol. The van der Waals surface area contributed by atoms with Crippen LogP contribution in [0.4, 0.5) is 10.3 Å². The highest BCUT2D eigenvalue weighted by atomic mass is 35.5. The first-order valence-corrected chi connectivity index (χ1v) is 9.31. The summed E-state index contributed by atoms with van der Waals surface area (Å²) in [7, 11) is -3.96. The molecular weight excluding hydrogens is 355 g/mol. The number of hydrogen-bond donors (Lipinski definition) is 1. The van der Waals surface area contributed by atoms with E-state index in [1.165, 1.54) is 12.1 Å². The molecule has 3 rings (SSSR count). The lowest BCUT2D eigenvalue weighted by molar-refractivity contribution is 0.459. The summed E-state index contributed by atoms with van der Waals surface area (Å²) >= 11 is 5.67. The fourth-order valence-electron chi connectivity index (χ4n) is 2.69. The number of benzene rings is 1. The number of nitrogens with zero attached hydrogens (tertiary/aromatic N) is 3. The van der Waals surface area contributed by atoms with Crippen LogP contribution in [0.2, 0.25) is 5.02 Å². The van der Waals surface area contributed by atoms with Crippen molar-refractivity contribution in [2.45, 2.75) is 23.8 Å². The molecule has 0 aliphatic carbocycles. The quantitative estimate of drug-likeness (QED) is 0.893. The summed E-state index contributed by atoms with van der Waals surface area (Å²) in [5.41, 5.74) is 0. The van der Waals surface area contributed by atoms with Crippen molar-refractivity contribution >= 4 is 27.6 Å². The molecule has 2 heterocycles. The second-order valence-corrected chi connectivity index (χ2v) is 7.65. The van der Waals surface area contributed by atoms with Crippen molar-refractivity contribution in [2.24, 2.45) is 0 Å². The Morgan fingerprint density at radius 1 is 1.29 bits per heavy atom. The summed E-state index contributed by atoms with van der Waals surface area (Å²) in [6.45, 7) is 1.18. The standard InChI is InChI=1S/C15H16ClFN4O2S/c16-11-4-5-14(13(17)9-11)24(22,23)20-12-3-1-8-21(10-12)15-18-6-2-7-19-15/h2,4-7,9,12,20H,1,3,8,10H2/t12-/m0/s1. The number of nitrogens with one attached hydrogen (secondary N) is 1. The number of halogens is 2. The normalized spacial score (nSPS) is 18.6. The Morgan fingerprint density at radius 2 is 2.04 bits per heavy atom. The van der Waals surface area contributed by atoms with Crippen LogP contribution in [0.25, 0.3) is 0 Å². The van der Waals surface area contributed by atoms with Gasteiger partial charge in [-0.05, 0) is 37.1 Å². The molecule has 6 nitrogen and oxygen atoms in total. The number of aromatic nitrogens is 2. The zero-order valence-corrected chi connectivity index (χ0v) is 14.3. The topological polar surface area (TPSA) is 75.2 Å². The Labute approximate surface area is 144 Å². The largest absolute Gasteiger partial charge is 0.339 e. The van der Waals surface area contributed by atoms with Crippen LogP contribution in [0, 0.1) is 5.82 Å². The molecule has 0 spiro atoms. The molecule has 1 aromatic heterocycles. The minimum atomic E-state index is -3.96. The van der Waals surface area contributed by atoms with Crippen LogP contribution in [0.3, 0.4) is 0 Å². The molecule has 24 heavy (non-hydrogen) atoms. The third-order valence-corrected chi connectivity index (χ3v) is 5.55. The Kier molecular flexibility index (Phi) is 4.98. The van der Waals surface area contributed by atoms with Gasteiger partial charge in [0.2, 0.25) is 16.0 Å². The van der Waals surface area contributed by atoms with Gasteiger partial charge < -0.3 is 4.90 Å². The maximum Gasteiger partial charge on any atom is 0.243 e. The van der Waals surface area contributed by atoms with Crippen molar-refractivity contribution < 1.29 is 12.8 Å². The number of piperidine rings is 1. The van der Waals surface area contributed by atoms with E-state index < -0.39 is 20.7 Å². The first-order chi connectivity index (χ1) is 11.5. The van der Waals surface area contributed by atoms with Gasteiger partial charge in [0.25, 0.3) is 0 Å². The summed E-state index contributed by atoms with van der Waals surface area (Å²) in [5.74, 6) is -0.312. The summed E-state index contributed by atoms with van der Waals surface area (Å²) < 4.78 is 41.3. The third kappa shape index (κ3) is 3.82. The maximum absolute atomic E-state index is 13.9. The molecule has 1 atom stereocenters. The van der Waals surface area contributed by atoms with Crippen LogP contribution in [0.15, 0.2) is 41.6 Å². The summed E-state index contributed by atoms with van der Waals surface area (Å²) in [4.78, 5) is 9.87. The molecular formula is C15H16ClFN4O2S. The van der Waals surface area contributed by atoms with E-state index in [4.69, 9.17) is 11.6 Å². The van der Waals surface area contributed by atoms with Gasteiger partial charge in [-0.15, -0.1) is 0 Å². The minimum absolute atomic E-state index is 0.150. The molecule has 0 bridgehead atoms. The van der Waals surface area contributed by atoms with Gasteiger partial charge in [0.05, 0.1) is 0 Å². The molecule has 0 saturated carbocycles. The van der Waals surface area contributed by atoms with Crippen molar-refractivity contribution in [3.8, 4) is 0 Å². The molecule has 128 valence electrons. The van der Waals surface area contributed by atoms with E-state index in [0.29, 0.717) is 18.9 Å². The highest BCUT2D eigenvalue weighted by molar-refractivity contribution is 7.89. The van der Waals surface area contributed by atoms with Crippen LogP contribution in [0.1, 0.15) is 12.8 Å².